The van der Waals surface area contributed by atoms with E-state index in [-0.39, 0.29) is 17.1 Å². The van der Waals surface area contributed by atoms with E-state index in [4.69, 9.17) is 0 Å². The second-order valence-electron chi connectivity index (χ2n) is 8.84. The molecule has 5 aromatic rings. The molecule has 190 valence electrons. The van der Waals surface area contributed by atoms with Gasteiger partial charge in [0.05, 0.1) is 17.4 Å². The molecule has 0 aliphatic rings. The van der Waals surface area contributed by atoms with Crippen LogP contribution in [0.15, 0.2) is 107 Å². The highest BCUT2D eigenvalue weighted by molar-refractivity contribution is 8.00. The molecule has 0 saturated carbocycles. The van der Waals surface area contributed by atoms with Crippen LogP contribution in [0.1, 0.15) is 18.9 Å². The summed E-state index contributed by atoms with van der Waals surface area (Å²) in [6.45, 7) is 1.99. The number of amides is 2. The van der Waals surface area contributed by atoms with Gasteiger partial charge in [0.25, 0.3) is 0 Å². The maximum atomic E-state index is 13.1. The van der Waals surface area contributed by atoms with E-state index in [2.05, 4.69) is 45.9 Å². The van der Waals surface area contributed by atoms with Crippen LogP contribution in [0.5, 0.6) is 0 Å². The van der Waals surface area contributed by atoms with E-state index >= 15 is 0 Å². The first kappa shape index (κ1) is 25.7. The van der Waals surface area contributed by atoms with Gasteiger partial charge in [0.1, 0.15) is 0 Å². The highest BCUT2D eigenvalue weighted by Gasteiger charge is 2.20. The summed E-state index contributed by atoms with van der Waals surface area (Å²) in [6.07, 6.45) is 0.969. The van der Waals surface area contributed by atoms with Gasteiger partial charge < -0.3 is 10.6 Å². The molecule has 1 atom stereocenters. The molecule has 2 N–H and O–H groups in total. The quantitative estimate of drug-likeness (QED) is 0.189. The zero-order valence-corrected chi connectivity index (χ0v) is 22.5. The summed E-state index contributed by atoms with van der Waals surface area (Å²) in [6, 6.07) is 31.7. The lowest BCUT2D eigenvalue weighted by Crippen LogP contribution is -2.24. The summed E-state index contributed by atoms with van der Waals surface area (Å²) >= 11 is 2.90. The van der Waals surface area contributed by atoms with Crippen LogP contribution in [-0.4, -0.2) is 22.0 Å². The van der Waals surface area contributed by atoms with Gasteiger partial charge in [-0.2, -0.15) is 0 Å². The summed E-state index contributed by atoms with van der Waals surface area (Å²) in [4.78, 5) is 31.1. The first-order chi connectivity index (χ1) is 18.6. The smallest absolute Gasteiger partial charge is 0.239 e. The molecule has 1 aromatic heterocycles. The molecule has 0 fully saturated rings. The molecular formula is C31H27N3O2S2. The van der Waals surface area contributed by atoms with Crippen molar-refractivity contribution in [2.75, 3.05) is 10.6 Å². The Labute approximate surface area is 230 Å². The Hall–Kier alpha value is -3.94. The van der Waals surface area contributed by atoms with Gasteiger partial charge in [-0.05, 0) is 47.0 Å². The molecule has 0 radical (unpaired) electrons. The minimum atomic E-state index is -0.293. The first-order valence-electron chi connectivity index (χ1n) is 12.4. The minimum Gasteiger partial charge on any atom is -0.326 e. The van der Waals surface area contributed by atoms with Crippen molar-refractivity contribution in [3.63, 3.8) is 0 Å². The number of aromatic nitrogens is 1. The summed E-state index contributed by atoms with van der Waals surface area (Å²) in [5.41, 5.74) is 3.54. The van der Waals surface area contributed by atoms with Crippen molar-refractivity contribution in [1.29, 1.82) is 0 Å². The molecule has 7 heteroatoms. The number of nitrogens with zero attached hydrogens (tertiary/aromatic N) is 1. The lowest BCUT2D eigenvalue weighted by molar-refractivity contribution is -0.116. The fourth-order valence-corrected chi connectivity index (χ4v) is 5.85. The first-order valence-corrected chi connectivity index (χ1v) is 14.2. The molecule has 1 heterocycles. The maximum absolute atomic E-state index is 13.1. The van der Waals surface area contributed by atoms with Crippen molar-refractivity contribution in [2.24, 2.45) is 0 Å². The highest BCUT2D eigenvalue weighted by atomic mass is 32.2. The number of carbonyl (C=O) groups is 2. The second-order valence-corrected chi connectivity index (χ2v) is 11.0. The number of hydrogen-bond acceptors (Lipinski definition) is 5. The van der Waals surface area contributed by atoms with Crippen LogP contribution in [0.25, 0.3) is 22.0 Å². The standard InChI is InChI=1S/C31H27N3O2S2/c1-2-28(38-26-14-8-13-25(19-26)32-29(35)17-21-9-4-3-5-10-21)30(36)34-31-33-27(20-37-31)24-16-15-22-11-6-7-12-23(22)18-24/h3-16,18-20,28H,2,17H2,1H3,(H,32,35)(H,33,34,36). The third-order valence-corrected chi connectivity index (χ3v) is 8.16. The molecule has 38 heavy (non-hydrogen) atoms. The van der Waals surface area contributed by atoms with E-state index in [1.54, 1.807) is 0 Å². The Morgan fingerprint density at radius 2 is 1.66 bits per heavy atom. The number of fused-ring (bicyclic) bond motifs is 1. The van der Waals surface area contributed by atoms with Crippen molar-refractivity contribution in [3.8, 4) is 11.3 Å². The van der Waals surface area contributed by atoms with Crippen molar-refractivity contribution in [2.45, 2.75) is 29.9 Å². The number of thioether (sulfide) groups is 1. The number of thiazole rings is 1. The van der Waals surface area contributed by atoms with Gasteiger partial charge in [0.2, 0.25) is 11.8 Å². The Morgan fingerprint density at radius 1 is 0.868 bits per heavy atom. The van der Waals surface area contributed by atoms with E-state index in [1.807, 2.05) is 79.0 Å². The summed E-state index contributed by atoms with van der Waals surface area (Å²) in [7, 11) is 0. The van der Waals surface area contributed by atoms with Crippen LogP contribution in [0.3, 0.4) is 0 Å². The molecule has 1 unspecified atom stereocenters. The molecule has 0 aliphatic heterocycles. The predicted molar refractivity (Wildman–Crippen MR) is 159 cm³/mol. The van der Waals surface area contributed by atoms with Crippen LogP contribution in [0.2, 0.25) is 0 Å². The third kappa shape index (κ3) is 6.49. The van der Waals surface area contributed by atoms with Gasteiger partial charge >= 0.3 is 0 Å². The predicted octanol–water partition coefficient (Wildman–Crippen LogP) is 7.65. The van der Waals surface area contributed by atoms with Crippen molar-refractivity contribution < 1.29 is 9.59 Å². The van der Waals surface area contributed by atoms with E-state index in [0.717, 1.165) is 27.1 Å². The topological polar surface area (TPSA) is 71.1 Å². The number of carbonyl (C=O) groups excluding carboxylic acids is 2. The molecule has 5 nitrogen and oxygen atoms in total. The lowest BCUT2D eigenvalue weighted by Gasteiger charge is -2.14. The fraction of sp³-hybridized carbons (Fsp3) is 0.129. The van der Waals surface area contributed by atoms with Gasteiger partial charge in [-0.15, -0.1) is 23.1 Å². The van der Waals surface area contributed by atoms with Gasteiger partial charge in [-0.3, -0.25) is 9.59 Å². The van der Waals surface area contributed by atoms with Crippen molar-refractivity contribution >= 4 is 56.5 Å². The second kappa shape index (κ2) is 12.1. The zero-order chi connectivity index (χ0) is 26.3. The van der Waals surface area contributed by atoms with Crippen molar-refractivity contribution in [3.05, 3.63) is 108 Å². The average molecular weight is 538 g/mol. The van der Waals surface area contributed by atoms with Gasteiger partial charge in [0.15, 0.2) is 5.13 Å². The molecular weight excluding hydrogens is 510 g/mol. The van der Waals surface area contributed by atoms with Gasteiger partial charge in [-0.25, -0.2) is 4.98 Å². The molecule has 0 aliphatic carbocycles. The number of nitrogens with one attached hydrogen (secondary N) is 2. The van der Waals surface area contributed by atoms with Gasteiger partial charge in [0, 0.05) is 21.5 Å². The molecule has 2 amide bonds. The number of rotatable bonds is 9. The van der Waals surface area contributed by atoms with Crippen molar-refractivity contribution in [1.82, 2.24) is 4.98 Å². The summed E-state index contributed by atoms with van der Waals surface area (Å²) < 4.78 is 0. The zero-order valence-electron chi connectivity index (χ0n) is 20.9. The van der Waals surface area contributed by atoms with E-state index < -0.39 is 0 Å². The number of benzene rings is 4. The normalized spacial score (nSPS) is 11.7. The third-order valence-electron chi connectivity index (χ3n) is 6.05. The van der Waals surface area contributed by atoms with Crippen LogP contribution in [0, 0.1) is 0 Å². The molecule has 5 rings (SSSR count). The average Bonchev–Trinajstić information content (AvgIpc) is 3.40. The highest BCUT2D eigenvalue weighted by Crippen LogP contribution is 2.31. The monoisotopic (exact) mass is 537 g/mol. The molecule has 4 aromatic carbocycles. The number of anilines is 2. The van der Waals surface area contributed by atoms with E-state index in [0.29, 0.717) is 23.7 Å². The molecule has 0 spiro atoms. The van der Waals surface area contributed by atoms with Crippen LogP contribution < -0.4 is 10.6 Å². The van der Waals surface area contributed by atoms with Gasteiger partial charge in [-0.1, -0.05) is 79.7 Å². The maximum Gasteiger partial charge on any atom is 0.239 e. The van der Waals surface area contributed by atoms with E-state index in [9.17, 15) is 9.59 Å². The molecule has 0 saturated heterocycles. The largest absolute Gasteiger partial charge is 0.326 e. The Bertz CT molecular complexity index is 1570. The molecule has 0 bridgehead atoms. The Kier molecular flexibility index (Phi) is 8.16. The Morgan fingerprint density at radius 3 is 2.47 bits per heavy atom. The summed E-state index contributed by atoms with van der Waals surface area (Å²) in [5.74, 6) is -0.162. The number of hydrogen-bond donors (Lipinski definition) is 2. The lowest BCUT2D eigenvalue weighted by atomic mass is 10.1. The van der Waals surface area contributed by atoms with Crippen LogP contribution in [0.4, 0.5) is 10.8 Å². The van der Waals surface area contributed by atoms with Crippen LogP contribution in [-0.2, 0) is 16.0 Å². The van der Waals surface area contributed by atoms with Crippen LogP contribution >= 0.6 is 23.1 Å². The van der Waals surface area contributed by atoms with E-state index in [1.165, 1.54) is 28.5 Å². The minimum absolute atomic E-state index is 0.0749. The summed E-state index contributed by atoms with van der Waals surface area (Å²) in [5, 5.41) is 10.5. The SMILES string of the molecule is CCC(Sc1cccc(NC(=O)Cc2ccccc2)c1)C(=O)Nc1nc(-c2ccc3ccccc3c2)cs1. The fourth-order valence-electron chi connectivity index (χ4n) is 4.12. The Balaban J connectivity index is 1.21.